The van der Waals surface area contributed by atoms with Crippen molar-refractivity contribution in [2.24, 2.45) is 13.0 Å². The van der Waals surface area contributed by atoms with E-state index in [0.717, 1.165) is 37.3 Å². The van der Waals surface area contributed by atoms with Gasteiger partial charge >= 0.3 is 6.03 Å². The highest BCUT2D eigenvalue weighted by Gasteiger charge is 2.28. The molecule has 0 atom stereocenters. The van der Waals surface area contributed by atoms with Gasteiger partial charge in [-0.1, -0.05) is 13.8 Å². The Labute approximate surface area is 174 Å². The second-order valence-corrected chi connectivity index (χ2v) is 8.13. The van der Waals surface area contributed by atoms with Crippen molar-refractivity contribution in [1.29, 1.82) is 0 Å². The number of piperazine rings is 1. The van der Waals surface area contributed by atoms with Gasteiger partial charge in [-0.05, 0) is 12.1 Å². The van der Waals surface area contributed by atoms with Gasteiger partial charge in [-0.3, -0.25) is 24.7 Å². The Bertz CT molecular complexity index is 992. The third-order valence-corrected chi connectivity index (χ3v) is 5.60. The largest absolute Gasteiger partial charge is 0.340 e. The first-order chi connectivity index (χ1) is 14.3. The zero-order valence-electron chi connectivity index (χ0n) is 17.6. The summed E-state index contributed by atoms with van der Waals surface area (Å²) in [4.78, 5) is 46.2. The van der Waals surface area contributed by atoms with Gasteiger partial charge in [0.05, 0.1) is 11.1 Å². The summed E-state index contributed by atoms with van der Waals surface area (Å²) in [7, 11) is 1.80. The van der Waals surface area contributed by atoms with Gasteiger partial charge in [-0.25, -0.2) is 14.5 Å². The minimum absolute atomic E-state index is 0.0276. The van der Waals surface area contributed by atoms with Gasteiger partial charge in [0.15, 0.2) is 11.5 Å². The fourth-order valence-corrected chi connectivity index (χ4v) is 3.93. The number of amides is 4. The molecule has 2 aromatic heterocycles. The average Bonchev–Trinajstić information content (AvgIpc) is 3.04. The molecule has 10 nitrogen and oxygen atoms in total. The molecule has 10 heteroatoms. The molecule has 2 aromatic rings. The third kappa shape index (κ3) is 3.87. The second kappa shape index (κ2) is 8.02. The van der Waals surface area contributed by atoms with E-state index in [0.29, 0.717) is 24.6 Å². The predicted molar refractivity (Wildman–Crippen MR) is 111 cm³/mol. The molecule has 0 spiro atoms. The normalized spacial score (nSPS) is 18.4. The fourth-order valence-electron chi connectivity index (χ4n) is 3.93. The van der Waals surface area contributed by atoms with Crippen LogP contribution in [0.5, 0.6) is 0 Å². The zero-order valence-corrected chi connectivity index (χ0v) is 17.6. The number of nitrogens with one attached hydrogen (secondary N) is 1. The first-order valence-electron chi connectivity index (χ1n) is 10.3. The van der Waals surface area contributed by atoms with Crippen molar-refractivity contribution in [3.05, 3.63) is 17.8 Å². The number of fused-ring (bicyclic) bond motifs is 1. The number of pyridine rings is 1. The van der Waals surface area contributed by atoms with Crippen LogP contribution in [0.4, 0.5) is 10.6 Å². The fraction of sp³-hybridized carbons (Fsp3) is 0.550. The molecule has 160 valence electrons. The molecule has 1 N–H and O–H groups in total. The van der Waals surface area contributed by atoms with Gasteiger partial charge < -0.3 is 4.90 Å². The third-order valence-electron chi connectivity index (χ3n) is 5.60. The van der Waals surface area contributed by atoms with Crippen molar-refractivity contribution < 1.29 is 14.4 Å². The summed E-state index contributed by atoms with van der Waals surface area (Å²) in [5, 5.41) is 7.58. The summed E-state index contributed by atoms with van der Waals surface area (Å²) in [5.41, 5.74) is 1.61. The number of imide groups is 1. The molecule has 2 fully saturated rings. The van der Waals surface area contributed by atoms with Crippen molar-refractivity contribution >= 4 is 34.7 Å². The van der Waals surface area contributed by atoms with Crippen molar-refractivity contribution in [2.75, 3.05) is 37.6 Å². The SMILES string of the molecule is CC(C)C(=O)N1CCN(Cc2ccc3c(N4CCC(=O)NC4=O)nn(C)c3n2)CC1. The molecule has 2 aliphatic heterocycles. The van der Waals surface area contributed by atoms with Crippen LogP contribution in [0.2, 0.25) is 0 Å². The van der Waals surface area contributed by atoms with E-state index in [2.05, 4.69) is 15.3 Å². The summed E-state index contributed by atoms with van der Waals surface area (Å²) < 4.78 is 1.66. The molecular weight excluding hydrogens is 386 g/mol. The molecule has 2 aliphatic rings. The number of hydrogen-bond donors (Lipinski definition) is 1. The number of carbonyl (C=O) groups excluding carboxylic acids is 3. The molecule has 4 amide bonds. The number of carbonyl (C=O) groups is 3. The van der Waals surface area contributed by atoms with Crippen LogP contribution in [-0.4, -0.2) is 75.1 Å². The van der Waals surface area contributed by atoms with E-state index in [9.17, 15) is 14.4 Å². The molecule has 0 unspecified atom stereocenters. The Hall–Kier alpha value is -3.01. The van der Waals surface area contributed by atoms with E-state index in [1.165, 1.54) is 4.90 Å². The van der Waals surface area contributed by atoms with E-state index in [-0.39, 0.29) is 24.2 Å². The number of aromatic nitrogens is 3. The van der Waals surface area contributed by atoms with E-state index >= 15 is 0 Å². The van der Waals surface area contributed by atoms with Crippen LogP contribution in [-0.2, 0) is 23.2 Å². The van der Waals surface area contributed by atoms with Crippen molar-refractivity contribution in [2.45, 2.75) is 26.8 Å². The first kappa shape index (κ1) is 20.3. The van der Waals surface area contributed by atoms with Crippen molar-refractivity contribution in [3.8, 4) is 0 Å². The molecule has 0 aromatic carbocycles. The first-order valence-corrected chi connectivity index (χ1v) is 10.3. The highest BCUT2D eigenvalue weighted by atomic mass is 16.2. The Kier molecular flexibility index (Phi) is 5.42. The molecule has 0 aliphatic carbocycles. The van der Waals surface area contributed by atoms with Crippen LogP contribution in [0.1, 0.15) is 26.0 Å². The maximum atomic E-state index is 12.2. The van der Waals surface area contributed by atoms with Crippen LogP contribution in [0.15, 0.2) is 12.1 Å². The maximum Gasteiger partial charge on any atom is 0.329 e. The summed E-state index contributed by atoms with van der Waals surface area (Å²) in [6, 6.07) is 3.43. The molecule has 0 radical (unpaired) electrons. The number of aryl methyl sites for hydroxylation is 1. The van der Waals surface area contributed by atoms with Gasteiger partial charge in [0, 0.05) is 58.7 Å². The Morgan fingerprint density at radius 1 is 1.13 bits per heavy atom. The molecule has 0 bridgehead atoms. The summed E-state index contributed by atoms with van der Waals surface area (Å²) in [6.45, 7) is 7.96. The molecule has 4 rings (SSSR count). The summed E-state index contributed by atoms with van der Waals surface area (Å²) >= 11 is 0. The van der Waals surface area contributed by atoms with Crippen molar-refractivity contribution in [1.82, 2.24) is 29.9 Å². The Balaban J connectivity index is 1.47. The Morgan fingerprint density at radius 2 is 1.87 bits per heavy atom. The lowest BCUT2D eigenvalue weighted by Gasteiger charge is -2.35. The molecule has 0 saturated carbocycles. The standard InChI is InChI=1S/C20H27N7O3/c1-13(2)19(29)26-10-8-25(9-11-26)12-14-4-5-15-17(21-14)24(3)23-18(15)27-7-6-16(28)22-20(27)30/h4-5,13H,6-12H2,1-3H3,(H,22,28,30). The molecule has 2 saturated heterocycles. The minimum atomic E-state index is -0.454. The lowest BCUT2D eigenvalue weighted by molar-refractivity contribution is -0.136. The van der Waals surface area contributed by atoms with Crippen LogP contribution in [0.3, 0.4) is 0 Å². The van der Waals surface area contributed by atoms with Crippen molar-refractivity contribution in [3.63, 3.8) is 0 Å². The lowest BCUT2D eigenvalue weighted by atomic mass is 10.1. The second-order valence-electron chi connectivity index (χ2n) is 8.13. The van der Waals surface area contributed by atoms with Crippen LogP contribution < -0.4 is 10.2 Å². The van der Waals surface area contributed by atoms with Crippen LogP contribution in [0, 0.1) is 5.92 Å². The number of hydrogen-bond acceptors (Lipinski definition) is 6. The van der Waals surface area contributed by atoms with Gasteiger partial charge in [-0.2, -0.15) is 5.10 Å². The predicted octanol–water partition coefficient (Wildman–Crippen LogP) is 0.715. The monoisotopic (exact) mass is 413 g/mol. The van der Waals surface area contributed by atoms with Gasteiger partial charge in [-0.15, -0.1) is 0 Å². The topological polar surface area (TPSA) is 104 Å². The average molecular weight is 413 g/mol. The maximum absolute atomic E-state index is 12.2. The molecule has 30 heavy (non-hydrogen) atoms. The minimum Gasteiger partial charge on any atom is -0.340 e. The highest BCUT2D eigenvalue weighted by Crippen LogP contribution is 2.26. The molecular formula is C20H27N7O3. The quantitative estimate of drug-likeness (QED) is 0.792. The number of nitrogens with zero attached hydrogens (tertiary/aromatic N) is 6. The lowest BCUT2D eigenvalue weighted by Crippen LogP contribution is -2.49. The van der Waals surface area contributed by atoms with Crippen LogP contribution >= 0.6 is 0 Å². The highest BCUT2D eigenvalue weighted by molar-refractivity contribution is 6.08. The van der Waals surface area contributed by atoms with Gasteiger partial charge in [0.25, 0.3) is 0 Å². The van der Waals surface area contributed by atoms with Gasteiger partial charge in [0.2, 0.25) is 11.8 Å². The number of rotatable bonds is 4. The van der Waals surface area contributed by atoms with E-state index in [1.54, 1.807) is 11.7 Å². The van der Waals surface area contributed by atoms with E-state index in [1.807, 2.05) is 30.9 Å². The van der Waals surface area contributed by atoms with E-state index in [4.69, 9.17) is 4.98 Å². The Morgan fingerprint density at radius 3 is 2.53 bits per heavy atom. The molecule has 4 heterocycles. The summed E-state index contributed by atoms with van der Waals surface area (Å²) in [5.74, 6) is 0.476. The van der Waals surface area contributed by atoms with E-state index < -0.39 is 6.03 Å². The zero-order chi connectivity index (χ0) is 21.4. The number of anilines is 1. The smallest absolute Gasteiger partial charge is 0.329 e. The summed E-state index contributed by atoms with van der Waals surface area (Å²) in [6.07, 6.45) is 0.251. The van der Waals surface area contributed by atoms with Gasteiger partial charge in [0.1, 0.15) is 0 Å². The number of urea groups is 1. The van der Waals surface area contributed by atoms with Crippen LogP contribution in [0.25, 0.3) is 11.0 Å².